The molecular weight excluding hydrogens is 104 g/mol. The molecular formula is C6H12O2. The molecule has 1 N–H and O–H groups in total. The van der Waals surface area contributed by atoms with Gasteiger partial charge in [-0.1, -0.05) is 0 Å². The monoisotopic (exact) mass is 116 g/mol. The molecule has 0 saturated carbocycles. The van der Waals surface area contributed by atoms with Gasteiger partial charge in [-0.3, -0.25) is 0 Å². The van der Waals surface area contributed by atoms with Gasteiger partial charge in [-0.15, -0.1) is 0 Å². The smallest absolute Gasteiger partial charge is 0.0698 e. The molecule has 2 nitrogen and oxygen atoms in total. The topological polar surface area (TPSA) is 29.5 Å². The van der Waals surface area contributed by atoms with Crippen LogP contribution < -0.4 is 0 Å². The Hall–Kier alpha value is -0.0800. The minimum Gasteiger partial charge on any atom is -0.396 e. The van der Waals surface area contributed by atoms with Gasteiger partial charge < -0.3 is 9.84 Å². The van der Waals surface area contributed by atoms with Crippen LogP contribution in [0.25, 0.3) is 0 Å². The lowest BCUT2D eigenvalue weighted by molar-refractivity contribution is -0.192. The highest BCUT2D eigenvalue weighted by Gasteiger charge is 2.38. The van der Waals surface area contributed by atoms with E-state index in [1.807, 2.05) is 13.8 Å². The Labute approximate surface area is 49.5 Å². The summed E-state index contributed by atoms with van der Waals surface area (Å²) < 4.78 is 5.16. The van der Waals surface area contributed by atoms with E-state index in [1.54, 1.807) is 0 Å². The average Bonchev–Trinajstić information content (AvgIpc) is 1.66. The molecule has 1 saturated heterocycles. The van der Waals surface area contributed by atoms with E-state index in [1.165, 1.54) is 0 Å². The molecule has 0 bridgehead atoms. The number of aliphatic hydroxyl groups is 1. The van der Waals surface area contributed by atoms with Crippen LogP contribution in [0.4, 0.5) is 0 Å². The van der Waals surface area contributed by atoms with E-state index in [2.05, 4.69) is 0 Å². The van der Waals surface area contributed by atoms with E-state index in [0.717, 1.165) is 6.61 Å². The largest absolute Gasteiger partial charge is 0.396 e. The highest BCUT2D eigenvalue weighted by molar-refractivity contribution is 4.86. The zero-order valence-electron chi connectivity index (χ0n) is 5.35. The van der Waals surface area contributed by atoms with Gasteiger partial charge in [0.05, 0.1) is 18.8 Å². The maximum atomic E-state index is 8.64. The minimum absolute atomic E-state index is 0.0608. The quantitative estimate of drug-likeness (QED) is 0.537. The first-order valence-corrected chi connectivity index (χ1v) is 2.91. The third-order valence-electron chi connectivity index (χ3n) is 1.86. The third-order valence-corrected chi connectivity index (χ3v) is 1.86. The van der Waals surface area contributed by atoms with Gasteiger partial charge >= 0.3 is 0 Å². The lowest BCUT2D eigenvalue weighted by Crippen LogP contribution is -2.50. The van der Waals surface area contributed by atoms with Crippen LogP contribution in [-0.2, 0) is 4.74 Å². The fourth-order valence-corrected chi connectivity index (χ4v) is 0.807. The molecule has 0 aliphatic carbocycles. The Morgan fingerprint density at radius 2 is 2.38 bits per heavy atom. The van der Waals surface area contributed by atoms with Crippen molar-refractivity contribution in [3.05, 3.63) is 0 Å². The SMILES string of the molecule is CC1(C)OCC1CO. The van der Waals surface area contributed by atoms with Crippen LogP contribution in [0.2, 0.25) is 0 Å². The van der Waals surface area contributed by atoms with Crippen molar-refractivity contribution < 1.29 is 9.84 Å². The summed E-state index contributed by atoms with van der Waals surface area (Å²) in [6.45, 7) is 4.98. The molecule has 1 fully saturated rings. The van der Waals surface area contributed by atoms with Gasteiger partial charge in [0, 0.05) is 5.92 Å². The van der Waals surface area contributed by atoms with Crippen LogP contribution in [0.5, 0.6) is 0 Å². The van der Waals surface area contributed by atoms with Crippen molar-refractivity contribution in [2.24, 2.45) is 5.92 Å². The normalized spacial score (nSPS) is 34.1. The van der Waals surface area contributed by atoms with Gasteiger partial charge in [-0.05, 0) is 13.8 Å². The fraction of sp³-hybridized carbons (Fsp3) is 1.00. The number of hydrogen-bond donors (Lipinski definition) is 1. The lowest BCUT2D eigenvalue weighted by atomic mass is 9.87. The molecule has 1 heterocycles. The van der Waals surface area contributed by atoms with Crippen molar-refractivity contribution in [1.29, 1.82) is 0 Å². The van der Waals surface area contributed by atoms with E-state index in [0.29, 0.717) is 5.92 Å². The summed E-state index contributed by atoms with van der Waals surface area (Å²) in [6, 6.07) is 0. The number of ether oxygens (including phenoxy) is 1. The molecule has 0 aromatic carbocycles. The summed E-state index contributed by atoms with van der Waals surface area (Å²) in [5.41, 5.74) is -0.0608. The van der Waals surface area contributed by atoms with Crippen LogP contribution in [0, 0.1) is 5.92 Å². The number of rotatable bonds is 1. The van der Waals surface area contributed by atoms with Gasteiger partial charge in [0.15, 0.2) is 0 Å². The molecule has 1 rings (SSSR count). The Kier molecular flexibility index (Phi) is 1.29. The summed E-state index contributed by atoms with van der Waals surface area (Å²) in [6.07, 6.45) is 0. The summed E-state index contributed by atoms with van der Waals surface area (Å²) in [5.74, 6) is 0.363. The fourth-order valence-electron chi connectivity index (χ4n) is 0.807. The van der Waals surface area contributed by atoms with Crippen LogP contribution in [-0.4, -0.2) is 23.9 Å². The van der Waals surface area contributed by atoms with Crippen molar-refractivity contribution in [1.82, 2.24) is 0 Å². The van der Waals surface area contributed by atoms with E-state index >= 15 is 0 Å². The lowest BCUT2D eigenvalue weighted by Gasteiger charge is -2.43. The summed E-state index contributed by atoms with van der Waals surface area (Å²) in [7, 11) is 0. The van der Waals surface area contributed by atoms with E-state index in [-0.39, 0.29) is 12.2 Å². The van der Waals surface area contributed by atoms with Crippen LogP contribution in [0.1, 0.15) is 13.8 Å². The van der Waals surface area contributed by atoms with Crippen molar-refractivity contribution in [3.8, 4) is 0 Å². The summed E-state index contributed by atoms with van der Waals surface area (Å²) >= 11 is 0. The molecule has 1 aliphatic rings. The standard InChI is InChI=1S/C6H12O2/c1-6(2)5(3-7)4-8-6/h5,7H,3-4H2,1-2H3. The molecule has 48 valence electrons. The maximum absolute atomic E-state index is 8.64. The molecule has 0 spiro atoms. The molecule has 1 unspecified atom stereocenters. The highest BCUT2D eigenvalue weighted by Crippen LogP contribution is 2.30. The molecule has 0 aromatic heterocycles. The van der Waals surface area contributed by atoms with E-state index < -0.39 is 0 Å². The Morgan fingerprint density at radius 3 is 2.38 bits per heavy atom. The van der Waals surface area contributed by atoms with Crippen molar-refractivity contribution in [2.45, 2.75) is 19.4 Å². The van der Waals surface area contributed by atoms with Crippen LogP contribution in [0.15, 0.2) is 0 Å². The minimum atomic E-state index is -0.0608. The molecule has 0 radical (unpaired) electrons. The molecule has 1 aliphatic heterocycles. The molecule has 0 aromatic rings. The molecule has 1 atom stereocenters. The Balaban J connectivity index is 2.37. The van der Waals surface area contributed by atoms with Gasteiger partial charge in [0.25, 0.3) is 0 Å². The second-order valence-corrected chi connectivity index (χ2v) is 2.79. The van der Waals surface area contributed by atoms with Gasteiger partial charge in [0.2, 0.25) is 0 Å². The Bertz CT molecular complexity index is 86.5. The van der Waals surface area contributed by atoms with Gasteiger partial charge in [-0.2, -0.15) is 0 Å². The number of hydrogen-bond acceptors (Lipinski definition) is 2. The molecule has 2 heteroatoms. The Morgan fingerprint density at radius 1 is 1.75 bits per heavy atom. The summed E-state index contributed by atoms with van der Waals surface area (Å²) in [5, 5.41) is 8.64. The first-order valence-electron chi connectivity index (χ1n) is 2.91. The van der Waals surface area contributed by atoms with E-state index in [9.17, 15) is 0 Å². The average molecular weight is 116 g/mol. The molecule has 0 amide bonds. The van der Waals surface area contributed by atoms with Crippen LogP contribution >= 0.6 is 0 Å². The first kappa shape index (κ1) is 6.05. The van der Waals surface area contributed by atoms with Crippen LogP contribution in [0.3, 0.4) is 0 Å². The zero-order chi connectivity index (χ0) is 6.20. The predicted molar refractivity (Wildman–Crippen MR) is 30.6 cm³/mol. The summed E-state index contributed by atoms with van der Waals surface area (Å²) in [4.78, 5) is 0. The van der Waals surface area contributed by atoms with Crippen molar-refractivity contribution in [3.63, 3.8) is 0 Å². The second-order valence-electron chi connectivity index (χ2n) is 2.79. The third kappa shape index (κ3) is 0.740. The first-order chi connectivity index (χ1) is 3.67. The van der Waals surface area contributed by atoms with Gasteiger partial charge in [0.1, 0.15) is 0 Å². The maximum Gasteiger partial charge on any atom is 0.0698 e. The zero-order valence-corrected chi connectivity index (χ0v) is 5.35. The highest BCUT2D eigenvalue weighted by atomic mass is 16.5. The predicted octanol–water partition coefficient (Wildman–Crippen LogP) is 0.404. The van der Waals surface area contributed by atoms with Crippen molar-refractivity contribution in [2.75, 3.05) is 13.2 Å². The van der Waals surface area contributed by atoms with E-state index in [4.69, 9.17) is 9.84 Å². The molecule has 8 heavy (non-hydrogen) atoms. The van der Waals surface area contributed by atoms with Gasteiger partial charge in [-0.25, -0.2) is 0 Å². The number of aliphatic hydroxyl groups excluding tert-OH is 1. The second kappa shape index (κ2) is 1.71. The van der Waals surface area contributed by atoms with Crippen molar-refractivity contribution >= 4 is 0 Å².